The van der Waals surface area contributed by atoms with Crippen molar-refractivity contribution in [2.45, 2.75) is 0 Å². The molecule has 3 aromatic carbocycles. The Morgan fingerprint density at radius 2 is 1.63 bits per heavy atom. The quantitative estimate of drug-likeness (QED) is 0.293. The molecular formula is C21H16N4O2. The first-order chi connectivity index (χ1) is 13.2. The highest BCUT2D eigenvalue weighted by Crippen LogP contribution is 2.29. The molecule has 0 aliphatic heterocycles. The second kappa shape index (κ2) is 7.13. The molecule has 0 unspecified atom stereocenters. The molecule has 6 nitrogen and oxygen atoms in total. The number of aromatic amines is 1. The summed E-state index contributed by atoms with van der Waals surface area (Å²) in [7, 11) is 0. The van der Waals surface area contributed by atoms with Gasteiger partial charge in [-0.1, -0.05) is 48.5 Å². The SMILES string of the molecule is O=[N+]([O-])c1ccc(N/N=C/c2c(-c3ccccc3)[nH]c3ccccc23)cc1. The van der Waals surface area contributed by atoms with Gasteiger partial charge in [-0.05, 0) is 23.8 Å². The van der Waals surface area contributed by atoms with Crippen LogP contribution in [0.5, 0.6) is 0 Å². The van der Waals surface area contributed by atoms with Crippen molar-refractivity contribution in [1.82, 2.24) is 4.98 Å². The van der Waals surface area contributed by atoms with E-state index in [1.807, 2.05) is 54.6 Å². The molecule has 27 heavy (non-hydrogen) atoms. The molecule has 0 amide bonds. The van der Waals surface area contributed by atoms with Gasteiger partial charge in [0, 0.05) is 28.6 Å². The maximum absolute atomic E-state index is 10.7. The first-order valence-corrected chi connectivity index (χ1v) is 8.42. The van der Waals surface area contributed by atoms with E-state index >= 15 is 0 Å². The third kappa shape index (κ3) is 3.41. The Morgan fingerprint density at radius 1 is 0.926 bits per heavy atom. The lowest BCUT2D eigenvalue weighted by atomic mass is 10.1. The highest BCUT2D eigenvalue weighted by Gasteiger charge is 2.11. The molecule has 4 aromatic rings. The fourth-order valence-corrected chi connectivity index (χ4v) is 2.96. The van der Waals surface area contributed by atoms with E-state index in [2.05, 4.69) is 15.5 Å². The summed E-state index contributed by atoms with van der Waals surface area (Å²) in [5.41, 5.74) is 7.73. The molecule has 4 rings (SSSR count). The fourth-order valence-electron chi connectivity index (χ4n) is 2.96. The molecule has 0 saturated heterocycles. The van der Waals surface area contributed by atoms with Gasteiger partial charge in [0.05, 0.1) is 22.5 Å². The molecule has 1 heterocycles. The Hall–Kier alpha value is -3.93. The van der Waals surface area contributed by atoms with E-state index < -0.39 is 4.92 Å². The monoisotopic (exact) mass is 356 g/mol. The van der Waals surface area contributed by atoms with Crippen molar-refractivity contribution in [2.24, 2.45) is 5.10 Å². The topological polar surface area (TPSA) is 83.3 Å². The first-order valence-electron chi connectivity index (χ1n) is 8.42. The number of non-ortho nitro benzene ring substituents is 1. The number of hydrazone groups is 1. The van der Waals surface area contributed by atoms with Gasteiger partial charge in [0.1, 0.15) is 0 Å². The van der Waals surface area contributed by atoms with Crippen LogP contribution in [0.15, 0.2) is 84.0 Å². The van der Waals surface area contributed by atoms with Crippen molar-refractivity contribution >= 4 is 28.5 Å². The highest BCUT2D eigenvalue weighted by atomic mass is 16.6. The van der Waals surface area contributed by atoms with Crippen molar-refractivity contribution < 1.29 is 4.92 Å². The third-order valence-electron chi connectivity index (χ3n) is 4.27. The number of H-pyrrole nitrogens is 1. The average Bonchev–Trinajstić information content (AvgIpc) is 3.08. The zero-order valence-electron chi connectivity index (χ0n) is 14.3. The molecule has 2 N–H and O–H groups in total. The van der Waals surface area contributed by atoms with Crippen molar-refractivity contribution in [3.63, 3.8) is 0 Å². The lowest BCUT2D eigenvalue weighted by molar-refractivity contribution is -0.384. The van der Waals surface area contributed by atoms with Crippen LogP contribution < -0.4 is 5.43 Å². The van der Waals surface area contributed by atoms with E-state index in [0.29, 0.717) is 5.69 Å². The standard InChI is InChI=1S/C21H16N4O2/c26-25(27)17-12-10-16(11-13-17)24-22-14-19-18-8-4-5-9-20(18)23-21(19)15-6-2-1-3-7-15/h1-14,23-24H/b22-14+. The second-order valence-corrected chi connectivity index (χ2v) is 6.00. The first kappa shape index (κ1) is 16.5. The lowest BCUT2D eigenvalue weighted by Gasteiger charge is -2.02. The predicted molar refractivity (Wildman–Crippen MR) is 108 cm³/mol. The number of nitro benzene ring substituents is 1. The lowest BCUT2D eigenvalue weighted by Crippen LogP contribution is -1.93. The zero-order valence-corrected chi connectivity index (χ0v) is 14.3. The van der Waals surface area contributed by atoms with Crippen molar-refractivity contribution in [3.8, 4) is 11.3 Å². The number of rotatable bonds is 5. The third-order valence-corrected chi connectivity index (χ3v) is 4.27. The second-order valence-electron chi connectivity index (χ2n) is 6.00. The Morgan fingerprint density at radius 3 is 2.37 bits per heavy atom. The van der Waals surface area contributed by atoms with Crippen LogP contribution in [0.3, 0.4) is 0 Å². The number of fused-ring (bicyclic) bond motifs is 1. The number of nitro groups is 1. The molecule has 0 atom stereocenters. The maximum Gasteiger partial charge on any atom is 0.269 e. The van der Waals surface area contributed by atoms with Gasteiger partial charge in [-0.15, -0.1) is 0 Å². The molecule has 132 valence electrons. The van der Waals surface area contributed by atoms with Crippen LogP contribution in [0.4, 0.5) is 11.4 Å². The van der Waals surface area contributed by atoms with E-state index in [1.54, 1.807) is 18.3 Å². The van der Waals surface area contributed by atoms with E-state index in [1.165, 1.54) is 12.1 Å². The summed E-state index contributed by atoms with van der Waals surface area (Å²) in [4.78, 5) is 13.8. The molecule has 0 aliphatic rings. The Labute approximate surface area is 155 Å². The van der Waals surface area contributed by atoms with Crippen LogP contribution in [0, 0.1) is 10.1 Å². The molecule has 0 radical (unpaired) electrons. The van der Waals surface area contributed by atoms with Crippen LogP contribution in [0.2, 0.25) is 0 Å². The van der Waals surface area contributed by atoms with Crippen LogP contribution in [0.25, 0.3) is 22.2 Å². The average molecular weight is 356 g/mol. The smallest absolute Gasteiger partial charge is 0.269 e. The molecule has 0 saturated carbocycles. The Balaban J connectivity index is 1.66. The number of hydrogen-bond acceptors (Lipinski definition) is 4. The molecule has 6 heteroatoms. The Bertz CT molecular complexity index is 1120. The summed E-state index contributed by atoms with van der Waals surface area (Å²) < 4.78 is 0. The van der Waals surface area contributed by atoms with Gasteiger partial charge in [-0.25, -0.2) is 0 Å². The normalized spacial score (nSPS) is 11.1. The number of benzene rings is 3. The summed E-state index contributed by atoms with van der Waals surface area (Å²) in [6.45, 7) is 0. The number of hydrogen-bond donors (Lipinski definition) is 2. The molecule has 0 spiro atoms. The van der Waals surface area contributed by atoms with Crippen LogP contribution in [-0.4, -0.2) is 16.1 Å². The van der Waals surface area contributed by atoms with E-state index in [9.17, 15) is 10.1 Å². The fraction of sp³-hybridized carbons (Fsp3) is 0. The summed E-state index contributed by atoms with van der Waals surface area (Å²) >= 11 is 0. The van der Waals surface area contributed by atoms with E-state index in [4.69, 9.17) is 0 Å². The van der Waals surface area contributed by atoms with Crippen LogP contribution >= 0.6 is 0 Å². The van der Waals surface area contributed by atoms with Gasteiger partial charge < -0.3 is 4.98 Å². The minimum atomic E-state index is -0.425. The van der Waals surface area contributed by atoms with Crippen molar-refractivity contribution in [2.75, 3.05) is 5.43 Å². The number of aromatic nitrogens is 1. The Kier molecular flexibility index (Phi) is 4.37. The van der Waals surface area contributed by atoms with Gasteiger partial charge in [-0.2, -0.15) is 5.10 Å². The number of para-hydroxylation sites is 1. The van der Waals surface area contributed by atoms with E-state index in [0.717, 1.165) is 27.7 Å². The zero-order chi connectivity index (χ0) is 18.6. The van der Waals surface area contributed by atoms with Crippen molar-refractivity contribution in [3.05, 3.63) is 94.5 Å². The summed E-state index contributed by atoms with van der Waals surface area (Å²) in [5.74, 6) is 0. The highest BCUT2D eigenvalue weighted by molar-refractivity contribution is 6.06. The molecule has 0 fully saturated rings. The molecule has 0 aliphatic carbocycles. The van der Waals surface area contributed by atoms with Crippen LogP contribution in [-0.2, 0) is 0 Å². The van der Waals surface area contributed by atoms with Crippen molar-refractivity contribution in [1.29, 1.82) is 0 Å². The van der Waals surface area contributed by atoms with Gasteiger partial charge in [-0.3, -0.25) is 15.5 Å². The molecule has 0 bridgehead atoms. The minimum absolute atomic E-state index is 0.0486. The number of anilines is 1. The molecule has 1 aromatic heterocycles. The van der Waals surface area contributed by atoms with Gasteiger partial charge in [0.2, 0.25) is 0 Å². The summed E-state index contributed by atoms with van der Waals surface area (Å²) in [6.07, 6.45) is 1.77. The number of nitrogens with zero attached hydrogens (tertiary/aromatic N) is 2. The molecular weight excluding hydrogens is 340 g/mol. The number of nitrogens with one attached hydrogen (secondary N) is 2. The largest absolute Gasteiger partial charge is 0.354 e. The maximum atomic E-state index is 10.7. The summed E-state index contributed by atoms with van der Waals surface area (Å²) in [6, 6.07) is 24.3. The van der Waals surface area contributed by atoms with Gasteiger partial charge in [0.25, 0.3) is 5.69 Å². The van der Waals surface area contributed by atoms with Gasteiger partial charge in [0.15, 0.2) is 0 Å². The van der Waals surface area contributed by atoms with Crippen LogP contribution in [0.1, 0.15) is 5.56 Å². The minimum Gasteiger partial charge on any atom is -0.354 e. The predicted octanol–water partition coefficient (Wildman–Crippen LogP) is 5.19. The summed E-state index contributed by atoms with van der Waals surface area (Å²) in [5, 5.41) is 16.1. The van der Waals surface area contributed by atoms with Gasteiger partial charge >= 0.3 is 0 Å². The van der Waals surface area contributed by atoms with E-state index in [-0.39, 0.29) is 5.69 Å².